The molecule has 1 fully saturated rings. The van der Waals surface area contributed by atoms with Crippen LogP contribution in [-0.2, 0) is 4.74 Å². The molecule has 2 rings (SSSR count). The summed E-state index contributed by atoms with van der Waals surface area (Å²) >= 11 is 0. The van der Waals surface area contributed by atoms with Gasteiger partial charge in [0.1, 0.15) is 11.9 Å². The van der Waals surface area contributed by atoms with Crippen molar-refractivity contribution in [2.45, 2.75) is 6.10 Å². The lowest BCUT2D eigenvalue weighted by molar-refractivity contribution is 0.0114. The van der Waals surface area contributed by atoms with Gasteiger partial charge in [0.2, 0.25) is 0 Å². The Morgan fingerprint density at radius 1 is 1.53 bits per heavy atom. The molecule has 1 saturated heterocycles. The molecule has 1 amide bonds. The summed E-state index contributed by atoms with van der Waals surface area (Å²) in [5.74, 6) is -0.356. The van der Waals surface area contributed by atoms with E-state index in [2.05, 4.69) is 5.43 Å². The minimum absolute atomic E-state index is 0.356. The van der Waals surface area contributed by atoms with E-state index in [1.54, 1.807) is 30.3 Å². The summed E-state index contributed by atoms with van der Waals surface area (Å²) in [7, 11) is 1.70. The zero-order chi connectivity index (χ0) is 10.8. The van der Waals surface area contributed by atoms with E-state index in [4.69, 9.17) is 4.74 Å². The third kappa shape index (κ3) is 2.07. The fraction of sp³-hybridized carbons (Fsp3) is 0.300. The Morgan fingerprint density at radius 2 is 2.27 bits per heavy atom. The van der Waals surface area contributed by atoms with Crippen molar-refractivity contribution in [1.29, 1.82) is 0 Å². The molecule has 1 aliphatic rings. The van der Waals surface area contributed by atoms with E-state index in [-0.39, 0.29) is 5.82 Å². The summed E-state index contributed by atoms with van der Waals surface area (Å²) in [6.45, 7) is 0.423. The number of amides is 1. The first kappa shape index (κ1) is 9.92. The van der Waals surface area contributed by atoms with E-state index in [1.165, 1.54) is 6.07 Å². The normalized spacial score (nSPS) is 22.0. The molecule has 5 heteroatoms. The van der Waals surface area contributed by atoms with Crippen LogP contribution in [0.5, 0.6) is 0 Å². The number of nitrogens with zero attached hydrogens (tertiary/aromatic N) is 1. The highest BCUT2D eigenvalue weighted by atomic mass is 19.1. The predicted octanol–water partition coefficient (Wildman–Crippen LogP) is 1.45. The van der Waals surface area contributed by atoms with Gasteiger partial charge in [0.05, 0.1) is 6.54 Å². The number of rotatable bonds is 1. The zero-order valence-electron chi connectivity index (χ0n) is 8.24. The van der Waals surface area contributed by atoms with Crippen LogP contribution in [-0.4, -0.2) is 24.7 Å². The van der Waals surface area contributed by atoms with Gasteiger partial charge in [-0.15, -0.1) is 0 Å². The molecule has 0 saturated carbocycles. The molecule has 15 heavy (non-hydrogen) atoms. The Bertz CT molecular complexity index is 383. The molecule has 1 atom stereocenters. The van der Waals surface area contributed by atoms with Gasteiger partial charge in [0.15, 0.2) is 0 Å². The number of cyclic esters (lactones) is 1. The van der Waals surface area contributed by atoms with Crippen LogP contribution in [0.25, 0.3) is 0 Å². The molecule has 1 aromatic rings. The summed E-state index contributed by atoms with van der Waals surface area (Å²) in [5, 5.41) is 1.57. The summed E-state index contributed by atoms with van der Waals surface area (Å²) in [6, 6.07) is 6.29. The van der Waals surface area contributed by atoms with Gasteiger partial charge in [0.25, 0.3) is 0 Å². The molecule has 1 aliphatic heterocycles. The predicted molar refractivity (Wildman–Crippen MR) is 51.4 cm³/mol. The first-order valence-corrected chi connectivity index (χ1v) is 4.59. The Labute approximate surface area is 86.6 Å². The summed E-state index contributed by atoms with van der Waals surface area (Å²) in [6.07, 6.45) is -1.11. The van der Waals surface area contributed by atoms with E-state index in [0.29, 0.717) is 12.1 Å². The molecule has 1 unspecified atom stereocenters. The van der Waals surface area contributed by atoms with Crippen molar-refractivity contribution in [3.63, 3.8) is 0 Å². The Balaban J connectivity index is 2.23. The molecular weight excluding hydrogens is 199 g/mol. The zero-order valence-corrected chi connectivity index (χ0v) is 8.24. The number of halogens is 1. The lowest BCUT2D eigenvalue weighted by atomic mass is 10.1. The van der Waals surface area contributed by atoms with Crippen LogP contribution in [0.15, 0.2) is 24.3 Å². The minimum Gasteiger partial charge on any atom is -0.439 e. The van der Waals surface area contributed by atoms with Gasteiger partial charge in [-0.05, 0) is 6.07 Å². The van der Waals surface area contributed by atoms with Gasteiger partial charge in [0, 0.05) is 12.6 Å². The van der Waals surface area contributed by atoms with Crippen molar-refractivity contribution < 1.29 is 13.9 Å². The monoisotopic (exact) mass is 210 g/mol. The molecule has 1 heterocycles. The van der Waals surface area contributed by atoms with Crippen molar-refractivity contribution in [3.05, 3.63) is 35.6 Å². The van der Waals surface area contributed by atoms with Crippen LogP contribution in [0, 0.1) is 5.82 Å². The topological polar surface area (TPSA) is 41.6 Å². The van der Waals surface area contributed by atoms with Gasteiger partial charge in [-0.2, -0.15) is 0 Å². The van der Waals surface area contributed by atoms with Crippen LogP contribution in [0.2, 0.25) is 0 Å². The average Bonchev–Trinajstić information content (AvgIpc) is 2.16. The average molecular weight is 210 g/mol. The van der Waals surface area contributed by atoms with Crippen LogP contribution >= 0.6 is 0 Å². The van der Waals surface area contributed by atoms with E-state index in [9.17, 15) is 9.18 Å². The summed E-state index contributed by atoms with van der Waals surface area (Å²) in [5.41, 5.74) is 2.85. The number of benzene rings is 1. The quantitative estimate of drug-likeness (QED) is 0.762. The standard InChI is InChI=1S/C10H11FN2O2/c1-13-6-9(15-10(14)12-13)7-4-2-3-5-8(7)11/h2-5,9H,6H2,1H3,(H,12,14). The molecule has 80 valence electrons. The molecule has 1 N–H and O–H groups in total. The molecule has 0 spiro atoms. The lowest BCUT2D eigenvalue weighted by Crippen LogP contribution is -2.48. The second-order valence-electron chi connectivity index (χ2n) is 3.41. The highest BCUT2D eigenvalue weighted by Gasteiger charge is 2.26. The third-order valence-corrected chi connectivity index (χ3v) is 2.22. The first-order valence-electron chi connectivity index (χ1n) is 4.59. The number of likely N-dealkylation sites (N-methyl/N-ethyl adjacent to an activating group) is 1. The molecule has 0 aliphatic carbocycles. The van der Waals surface area contributed by atoms with Crippen molar-refractivity contribution in [2.75, 3.05) is 13.6 Å². The lowest BCUT2D eigenvalue weighted by Gasteiger charge is -2.30. The highest BCUT2D eigenvalue weighted by molar-refractivity contribution is 5.67. The molecule has 0 bridgehead atoms. The van der Waals surface area contributed by atoms with E-state index >= 15 is 0 Å². The van der Waals surface area contributed by atoms with Gasteiger partial charge < -0.3 is 4.74 Å². The molecule has 0 aromatic heterocycles. The fourth-order valence-electron chi connectivity index (χ4n) is 1.54. The summed E-state index contributed by atoms with van der Waals surface area (Å²) in [4.78, 5) is 11.1. The largest absolute Gasteiger partial charge is 0.439 e. The number of carbonyl (C=O) groups excluding carboxylic acids is 1. The number of hydrazine groups is 1. The van der Waals surface area contributed by atoms with Gasteiger partial charge in [-0.25, -0.2) is 14.2 Å². The maximum Gasteiger partial charge on any atom is 0.422 e. The molecule has 0 radical (unpaired) electrons. The Morgan fingerprint density at radius 3 is 2.93 bits per heavy atom. The van der Waals surface area contributed by atoms with Crippen molar-refractivity contribution in [2.24, 2.45) is 0 Å². The van der Waals surface area contributed by atoms with Crippen molar-refractivity contribution >= 4 is 6.09 Å². The number of hydrogen-bond donors (Lipinski definition) is 1. The number of carbonyl (C=O) groups is 1. The molecule has 4 nitrogen and oxygen atoms in total. The van der Waals surface area contributed by atoms with E-state index < -0.39 is 12.2 Å². The smallest absolute Gasteiger partial charge is 0.422 e. The van der Waals surface area contributed by atoms with Gasteiger partial charge in [-0.3, -0.25) is 5.43 Å². The van der Waals surface area contributed by atoms with E-state index in [0.717, 1.165) is 0 Å². The molecular formula is C10H11FN2O2. The maximum atomic E-state index is 13.4. The second kappa shape index (κ2) is 3.86. The second-order valence-corrected chi connectivity index (χ2v) is 3.41. The van der Waals surface area contributed by atoms with Crippen LogP contribution < -0.4 is 5.43 Å². The van der Waals surface area contributed by atoms with Gasteiger partial charge in [-0.1, -0.05) is 18.2 Å². The number of hydrogen-bond acceptors (Lipinski definition) is 3. The van der Waals surface area contributed by atoms with Crippen LogP contribution in [0.3, 0.4) is 0 Å². The first-order chi connectivity index (χ1) is 7.16. The van der Waals surface area contributed by atoms with E-state index in [1.807, 2.05) is 0 Å². The van der Waals surface area contributed by atoms with Crippen LogP contribution in [0.1, 0.15) is 11.7 Å². The Hall–Kier alpha value is -1.62. The van der Waals surface area contributed by atoms with Crippen molar-refractivity contribution in [3.8, 4) is 0 Å². The Kier molecular flexibility index (Phi) is 2.55. The highest BCUT2D eigenvalue weighted by Crippen LogP contribution is 2.23. The maximum absolute atomic E-state index is 13.4. The fourth-order valence-corrected chi connectivity index (χ4v) is 1.54. The van der Waals surface area contributed by atoms with Gasteiger partial charge >= 0.3 is 6.09 Å². The number of ether oxygens (including phenoxy) is 1. The molecule has 1 aromatic carbocycles. The summed E-state index contributed by atoms with van der Waals surface area (Å²) < 4.78 is 18.4. The van der Waals surface area contributed by atoms with Crippen LogP contribution in [0.4, 0.5) is 9.18 Å². The SMILES string of the molecule is CN1CC(c2ccccc2F)OC(=O)N1. The number of nitrogens with one attached hydrogen (secondary N) is 1. The van der Waals surface area contributed by atoms with Crippen molar-refractivity contribution in [1.82, 2.24) is 10.4 Å². The minimum atomic E-state index is -0.558. The third-order valence-electron chi connectivity index (χ3n) is 2.22.